The van der Waals surface area contributed by atoms with E-state index in [0.717, 1.165) is 5.56 Å². The molecule has 0 aliphatic rings. The van der Waals surface area contributed by atoms with E-state index in [9.17, 15) is 4.39 Å². The van der Waals surface area contributed by atoms with Crippen LogP contribution in [0.3, 0.4) is 0 Å². The van der Waals surface area contributed by atoms with E-state index in [1.54, 1.807) is 18.0 Å². The van der Waals surface area contributed by atoms with Crippen LogP contribution in [0.1, 0.15) is 25.5 Å². The molecule has 1 aromatic rings. The van der Waals surface area contributed by atoms with Crippen molar-refractivity contribution in [3.63, 3.8) is 0 Å². The second-order valence-corrected chi connectivity index (χ2v) is 4.41. The molecule has 0 radical (unpaired) electrons. The number of rotatable bonds is 4. The minimum absolute atomic E-state index is 0.132. The number of nitriles is 1. The van der Waals surface area contributed by atoms with Crippen LogP contribution in [0.15, 0.2) is 18.2 Å². The minimum atomic E-state index is -0.299. The van der Waals surface area contributed by atoms with Crippen molar-refractivity contribution in [2.24, 2.45) is 11.7 Å². The van der Waals surface area contributed by atoms with Gasteiger partial charge in [-0.2, -0.15) is 5.26 Å². The molecule has 0 heterocycles. The van der Waals surface area contributed by atoms with Crippen LogP contribution in [0, 0.1) is 23.1 Å². The number of hydrogen-bond donors (Lipinski definition) is 1. The van der Waals surface area contributed by atoms with Gasteiger partial charge in [0, 0.05) is 19.6 Å². The molecule has 2 atom stereocenters. The number of benzene rings is 1. The van der Waals surface area contributed by atoms with Crippen LogP contribution in [0.2, 0.25) is 0 Å². The van der Waals surface area contributed by atoms with Crippen LogP contribution in [0.25, 0.3) is 0 Å². The number of nitrogens with zero attached hydrogens (tertiary/aromatic N) is 2. The summed E-state index contributed by atoms with van der Waals surface area (Å²) in [6.45, 7) is 4.13. The molecule has 0 fully saturated rings. The molecule has 3 nitrogen and oxygen atoms in total. The first-order chi connectivity index (χ1) is 7.95. The molecule has 1 aromatic carbocycles. The molecule has 0 aromatic heterocycles. The fourth-order valence-corrected chi connectivity index (χ4v) is 1.67. The molecule has 0 aliphatic heterocycles. The minimum Gasteiger partial charge on any atom is -0.371 e. The Morgan fingerprint density at radius 2 is 2.12 bits per heavy atom. The normalized spacial score (nSPS) is 13.9. The first-order valence-electron chi connectivity index (χ1n) is 5.61. The molecule has 0 spiro atoms. The highest BCUT2D eigenvalue weighted by Gasteiger charge is 2.12. The van der Waals surface area contributed by atoms with Gasteiger partial charge < -0.3 is 10.6 Å². The second kappa shape index (κ2) is 5.65. The van der Waals surface area contributed by atoms with E-state index in [1.165, 1.54) is 6.07 Å². The molecular formula is C13H18FN3. The molecule has 1 rings (SSSR count). The van der Waals surface area contributed by atoms with Crippen molar-refractivity contribution in [2.45, 2.75) is 19.9 Å². The number of anilines is 1. The Morgan fingerprint density at radius 1 is 1.47 bits per heavy atom. The first kappa shape index (κ1) is 13.5. The highest BCUT2D eigenvalue weighted by Crippen LogP contribution is 2.22. The van der Waals surface area contributed by atoms with Crippen molar-refractivity contribution >= 4 is 5.69 Å². The quantitative estimate of drug-likeness (QED) is 0.872. The molecule has 0 aliphatic carbocycles. The van der Waals surface area contributed by atoms with Crippen LogP contribution in [-0.4, -0.2) is 13.6 Å². The van der Waals surface area contributed by atoms with E-state index in [-0.39, 0.29) is 17.8 Å². The van der Waals surface area contributed by atoms with Crippen LogP contribution in [0.4, 0.5) is 10.1 Å². The van der Waals surface area contributed by atoms with Crippen molar-refractivity contribution in [1.82, 2.24) is 0 Å². The Labute approximate surface area is 102 Å². The predicted octanol–water partition coefficient (Wildman–Crippen LogP) is 2.44. The summed E-state index contributed by atoms with van der Waals surface area (Å²) in [5.74, 6) is -0.431. The largest absolute Gasteiger partial charge is 0.371 e. The fraction of sp³-hybridized carbons (Fsp3) is 0.462. The fourth-order valence-electron chi connectivity index (χ4n) is 1.67. The molecule has 2 N–H and O–H groups in total. The Morgan fingerprint density at radius 3 is 2.59 bits per heavy atom. The van der Waals surface area contributed by atoms with Crippen molar-refractivity contribution < 1.29 is 4.39 Å². The maximum atomic E-state index is 13.8. The summed E-state index contributed by atoms with van der Waals surface area (Å²) in [5.41, 5.74) is 6.96. The first-order valence-corrected chi connectivity index (χ1v) is 5.61. The highest BCUT2D eigenvalue weighted by molar-refractivity contribution is 5.49. The Balaban J connectivity index is 2.89. The summed E-state index contributed by atoms with van der Waals surface area (Å²) < 4.78 is 13.8. The SMILES string of the molecule is CC(C#N)CN(C)c1ccc([C@@H](C)N)cc1F. The molecule has 0 saturated carbocycles. The smallest absolute Gasteiger partial charge is 0.146 e. The molecule has 92 valence electrons. The molecule has 0 bridgehead atoms. The standard InChI is InChI=1S/C13H18FN3/c1-9(7-15)8-17(3)13-5-4-11(10(2)16)6-12(13)14/h4-6,9-10H,8,16H2,1-3H3/t9?,10-/m1/s1. The summed E-state index contributed by atoms with van der Waals surface area (Å²) >= 11 is 0. The Bertz CT molecular complexity index is 423. The van der Waals surface area contributed by atoms with Crippen LogP contribution in [-0.2, 0) is 0 Å². The van der Waals surface area contributed by atoms with Crippen LogP contribution < -0.4 is 10.6 Å². The predicted molar refractivity (Wildman–Crippen MR) is 67.0 cm³/mol. The lowest BCUT2D eigenvalue weighted by Gasteiger charge is -2.21. The van der Waals surface area contributed by atoms with Gasteiger partial charge in [0.25, 0.3) is 0 Å². The lowest BCUT2D eigenvalue weighted by atomic mass is 10.1. The average Bonchev–Trinajstić information content (AvgIpc) is 2.28. The molecule has 4 heteroatoms. The van der Waals surface area contributed by atoms with Gasteiger partial charge in [0.2, 0.25) is 0 Å². The lowest BCUT2D eigenvalue weighted by Crippen LogP contribution is -2.24. The van der Waals surface area contributed by atoms with E-state index in [4.69, 9.17) is 11.0 Å². The van der Waals surface area contributed by atoms with Crippen molar-refractivity contribution in [1.29, 1.82) is 5.26 Å². The van der Waals surface area contributed by atoms with Gasteiger partial charge in [-0.1, -0.05) is 6.07 Å². The lowest BCUT2D eigenvalue weighted by molar-refractivity contribution is 0.610. The highest BCUT2D eigenvalue weighted by atomic mass is 19.1. The van der Waals surface area contributed by atoms with E-state index in [1.807, 2.05) is 19.9 Å². The zero-order valence-corrected chi connectivity index (χ0v) is 10.4. The summed E-state index contributed by atoms with van der Waals surface area (Å²) in [6.07, 6.45) is 0. The van der Waals surface area contributed by atoms with Gasteiger partial charge in [-0.15, -0.1) is 0 Å². The summed E-state index contributed by atoms with van der Waals surface area (Å²) in [4.78, 5) is 1.74. The zero-order chi connectivity index (χ0) is 13.0. The van der Waals surface area contributed by atoms with Gasteiger partial charge in [0.05, 0.1) is 17.7 Å². The molecule has 17 heavy (non-hydrogen) atoms. The van der Waals surface area contributed by atoms with E-state index in [2.05, 4.69) is 6.07 Å². The van der Waals surface area contributed by atoms with Crippen molar-refractivity contribution in [2.75, 3.05) is 18.5 Å². The van der Waals surface area contributed by atoms with Gasteiger partial charge in [-0.05, 0) is 31.5 Å². The number of nitrogens with two attached hydrogens (primary N) is 1. The monoisotopic (exact) mass is 235 g/mol. The van der Waals surface area contributed by atoms with E-state index >= 15 is 0 Å². The maximum Gasteiger partial charge on any atom is 0.146 e. The van der Waals surface area contributed by atoms with Crippen LogP contribution >= 0.6 is 0 Å². The van der Waals surface area contributed by atoms with E-state index in [0.29, 0.717) is 12.2 Å². The van der Waals surface area contributed by atoms with Gasteiger partial charge in [-0.25, -0.2) is 4.39 Å². The van der Waals surface area contributed by atoms with Gasteiger partial charge >= 0.3 is 0 Å². The number of halogens is 1. The van der Waals surface area contributed by atoms with Gasteiger partial charge in [0.1, 0.15) is 5.82 Å². The summed E-state index contributed by atoms with van der Waals surface area (Å²) in [6, 6.07) is 6.93. The van der Waals surface area contributed by atoms with Crippen molar-refractivity contribution in [3.8, 4) is 6.07 Å². The summed E-state index contributed by atoms with van der Waals surface area (Å²) in [7, 11) is 1.78. The van der Waals surface area contributed by atoms with Crippen molar-refractivity contribution in [3.05, 3.63) is 29.6 Å². The zero-order valence-electron chi connectivity index (χ0n) is 10.4. The van der Waals surface area contributed by atoms with Gasteiger partial charge in [0.15, 0.2) is 0 Å². The molecule has 0 amide bonds. The maximum absolute atomic E-state index is 13.8. The third kappa shape index (κ3) is 3.43. The van der Waals surface area contributed by atoms with E-state index < -0.39 is 0 Å². The number of hydrogen-bond acceptors (Lipinski definition) is 3. The average molecular weight is 235 g/mol. The Hall–Kier alpha value is -1.60. The topological polar surface area (TPSA) is 53.0 Å². The molecular weight excluding hydrogens is 217 g/mol. The third-order valence-corrected chi connectivity index (χ3v) is 2.68. The van der Waals surface area contributed by atoms with Crippen LogP contribution in [0.5, 0.6) is 0 Å². The molecule has 0 saturated heterocycles. The molecule has 1 unspecified atom stereocenters. The third-order valence-electron chi connectivity index (χ3n) is 2.68. The second-order valence-electron chi connectivity index (χ2n) is 4.41. The summed E-state index contributed by atoms with van der Waals surface area (Å²) in [5, 5.41) is 8.73. The Kier molecular flexibility index (Phi) is 4.47. The van der Waals surface area contributed by atoms with Gasteiger partial charge in [-0.3, -0.25) is 0 Å².